The molecule has 0 radical (unpaired) electrons. The van der Waals surface area contributed by atoms with Crippen LogP contribution in [0.2, 0.25) is 0 Å². The molecule has 1 fully saturated rings. The number of carbonyl (C=O) groups is 1. The first-order valence-electron chi connectivity index (χ1n) is 8.73. The monoisotopic (exact) mass is 324 g/mol. The number of hydrogen-bond acceptors (Lipinski definition) is 4. The molecular formula is C19H24N4O. The molecule has 0 unspecified atom stereocenters. The number of nitrogens with one attached hydrogen (secondary N) is 2. The lowest BCUT2D eigenvalue weighted by Gasteiger charge is -2.16. The predicted octanol–water partition coefficient (Wildman–Crippen LogP) is 3.79. The van der Waals surface area contributed by atoms with Crippen LogP contribution in [-0.2, 0) is 11.2 Å². The van der Waals surface area contributed by atoms with Crippen LogP contribution < -0.4 is 10.6 Å². The summed E-state index contributed by atoms with van der Waals surface area (Å²) in [5, 5.41) is 14.5. The van der Waals surface area contributed by atoms with E-state index in [0.717, 1.165) is 11.4 Å². The Labute approximate surface area is 142 Å². The summed E-state index contributed by atoms with van der Waals surface area (Å²) in [6.07, 6.45) is 7.93. The quantitative estimate of drug-likeness (QED) is 0.821. The number of nitrogens with zero attached hydrogens (tertiary/aromatic N) is 2. The zero-order chi connectivity index (χ0) is 16.6. The van der Waals surface area contributed by atoms with Gasteiger partial charge in [-0.25, -0.2) is 0 Å². The minimum Gasteiger partial charge on any atom is -0.366 e. The molecule has 1 heterocycles. The molecule has 0 atom stereocenters. The van der Waals surface area contributed by atoms with E-state index in [4.69, 9.17) is 0 Å². The maximum Gasteiger partial charge on any atom is 0.229 e. The number of hydrogen-bond donors (Lipinski definition) is 2. The third-order valence-electron chi connectivity index (χ3n) is 4.35. The second-order valence-corrected chi connectivity index (χ2v) is 6.35. The highest BCUT2D eigenvalue weighted by atomic mass is 16.1. The maximum atomic E-state index is 12.0. The molecule has 1 aliphatic carbocycles. The van der Waals surface area contributed by atoms with E-state index in [9.17, 15) is 4.79 Å². The molecule has 126 valence electrons. The zero-order valence-corrected chi connectivity index (χ0v) is 13.9. The van der Waals surface area contributed by atoms with Crippen molar-refractivity contribution in [3.63, 3.8) is 0 Å². The third-order valence-corrected chi connectivity index (χ3v) is 4.35. The normalized spacial score (nSPS) is 15.5. The molecule has 5 heteroatoms. The van der Waals surface area contributed by atoms with Crippen molar-refractivity contribution in [2.45, 2.75) is 51.0 Å². The Morgan fingerprint density at radius 3 is 2.25 bits per heavy atom. The van der Waals surface area contributed by atoms with E-state index in [0.29, 0.717) is 18.3 Å². The maximum absolute atomic E-state index is 12.0. The van der Waals surface area contributed by atoms with Gasteiger partial charge in [0, 0.05) is 6.04 Å². The van der Waals surface area contributed by atoms with Crippen LogP contribution in [-0.4, -0.2) is 22.1 Å². The van der Waals surface area contributed by atoms with Crippen LogP contribution in [0.25, 0.3) is 0 Å². The van der Waals surface area contributed by atoms with Gasteiger partial charge in [0.15, 0.2) is 5.82 Å². The summed E-state index contributed by atoms with van der Waals surface area (Å²) >= 11 is 0. The van der Waals surface area contributed by atoms with Gasteiger partial charge in [-0.2, -0.15) is 0 Å². The Morgan fingerprint density at radius 1 is 0.917 bits per heavy atom. The standard InChI is InChI=1S/C19H24N4O/c24-19(14-15-8-4-3-5-9-15)21-18-13-12-17(22-23-18)20-16-10-6-1-2-7-11-16/h3-5,8-9,12-13,16H,1-2,6-7,10-11,14H2,(H,20,22)(H,21,23,24). The van der Waals surface area contributed by atoms with E-state index in [-0.39, 0.29) is 5.91 Å². The van der Waals surface area contributed by atoms with Crippen molar-refractivity contribution in [1.82, 2.24) is 10.2 Å². The van der Waals surface area contributed by atoms with Crippen molar-refractivity contribution in [1.29, 1.82) is 0 Å². The van der Waals surface area contributed by atoms with Gasteiger partial charge in [0.05, 0.1) is 6.42 Å². The minimum absolute atomic E-state index is 0.0834. The lowest BCUT2D eigenvalue weighted by atomic mass is 10.1. The Balaban J connectivity index is 1.51. The summed E-state index contributed by atoms with van der Waals surface area (Å²) in [4.78, 5) is 12.0. The SMILES string of the molecule is O=C(Cc1ccccc1)Nc1ccc(NC2CCCCCC2)nn1. The molecule has 0 bridgehead atoms. The molecule has 0 spiro atoms. The molecule has 2 N–H and O–H groups in total. The molecular weight excluding hydrogens is 300 g/mol. The summed E-state index contributed by atoms with van der Waals surface area (Å²) in [6, 6.07) is 13.8. The molecule has 1 saturated carbocycles. The average molecular weight is 324 g/mol. The van der Waals surface area contributed by atoms with Crippen LogP contribution in [0.5, 0.6) is 0 Å². The molecule has 24 heavy (non-hydrogen) atoms. The Morgan fingerprint density at radius 2 is 1.58 bits per heavy atom. The van der Waals surface area contributed by atoms with Crippen molar-refractivity contribution < 1.29 is 4.79 Å². The van der Waals surface area contributed by atoms with E-state index < -0.39 is 0 Å². The molecule has 0 aliphatic heterocycles. The fourth-order valence-corrected chi connectivity index (χ4v) is 3.08. The Kier molecular flexibility index (Phi) is 5.77. The fourth-order valence-electron chi connectivity index (χ4n) is 3.08. The first-order chi connectivity index (χ1) is 11.8. The minimum atomic E-state index is -0.0834. The molecule has 2 aromatic rings. The van der Waals surface area contributed by atoms with E-state index in [2.05, 4.69) is 20.8 Å². The summed E-state index contributed by atoms with van der Waals surface area (Å²) in [5.41, 5.74) is 0.981. The highest BCUT2D eigenvalue weighted by Gasteiger charge is 2.12. The van der Waals surface area contributed by atoms with Crippen LogP contribution in [0, 0.1) is 0 Å². The van der Waals surface area contributed by atoms with E-state index >= 15 is 0 Å². The highest BCUT2D eigenvalue weighted by Crippen LogP contribution is 2.20. The van der Waals surface area contributed by atoms with E-state index in [1.807, 2.05) is 36.4 Å². The van der Waals surface area contributed by atoms with Gasteiger partial charge in [-0.15, -0.1) is 10.2 Å². The molecule has 1 aromatic carbocycles. The van der Waals surface area contributed by atoms with Crippen LogP contribution in [0.15, 0.2) is 42.5 Å². The van der Waals surface area contributed by atoms with Gasteiger partial charge in [-0.1, -0.05) is 56.0 Å². The third kappa shape index (κ3) is 5.05. The summed E-state index contributed by atoms with van der Waals surface area (Å²) in [7, 11) is 0. The number of rotatable bonds is 5. The van der Waals surface area contributed by atoms with Gasteiger partial charge in [-0.05, 0) is 30.5 Å². The molecule has 0 saturated heterocycles. The molecule has 1 aromatic heterocycles. The van der Waals surface area contributed by atoms with Crippen molar-refractivity contribution in [3.05, 3.63) is 48.0 Å². The summed E-state index contributed by atoms with van der Waals surface area (Å²) < 4.78 is 0. The first kappa shape index (κ1) is 16.4. The fraction of sp³-hybridized carbons (Fsp3) is 0.421. The van der Waals surface area contributed by atoms with E-state index in [1.165, 1.54) is 38.5 Å². The lowest BCUT2D eigenvalue weighted by molar-refractivity contribution is -0.115. The number of carbonyl (C=O) groups excluding carboxylic acids is 1. The second kappa shape index (κ2) is 8.43. The van der Waals surface area contributed by atoms with Crippen LogP contribution >= 0.6 is 0 Å². The number of benzene rings is 1. The summed E-state index contributed by atoms with van der Waals surface area (Å²) in [6.45, 7) is 0. The van der Waals surface area contributed by atoms with Crippen molar-refractivity contribution in [3.8, 4) is 0 Å². The summed E-state index contributed by atoms with van der Waals surface area (Å²) in [5.74, 6) is 1.19. The topological polar surface area (TPSA) is 66.9 Å². The number of aromatic nitrogens is 2. The number of anilines is 2. The largest absolute Gasteiger partial charge is 0.366 e. The molecule has 1 amide bonds. The predicted molar refractivity (Wildman–Crippen MR) is 95.9 cm³/mol. The second-order valence-electron chi connectivity index (χ2n) is 6.35. The van der Waals surface area contributed by atoms with Crippen molar-refractivity contribution in [2.24, 2.45) is 0 Å². The van der Waals surface area contributed by atoms with Gasteiger partial charge in [-0.3, -0.25) is 4.79 Å². The van der Waals surface area contributed by atoms with Gasteiger partial charge >= 0.3 is 0 Å². The van der Waals surface area contributed by atoms with Crippen LogP contribution in [0.4, 0.5) is 11.6 Å². The number of amides is 1. The van der Waals surface area contributed by atoms with Crippen molar-refractivity contribution in [2.75, 3.05) is 10.6 Å². The zero-order valence-electron chi connectivity index (χ0n) is 13.9. The highest BCUT2D eigenvalue weighted by molar-refractivity contribution is 5.91. The Hall–Kier alpha value is -2.43. The smallest absolute Gasteiger partial charge is 0.229 e. The van der Waals surface area contributed by atoms with Gasteiger partial charge in [0.2, 0.25) is 5.91 Å². The molecule has 1 aliphatic rings. The van der Waals surface area contributed by atoms with Gasteiger partial charge < -0.3 is 10.6 Å². The Bertz CT molecular complexity index is 634. The molecule has 5 nitrogen and oxygen atoms in total. The van der Waals surface area contributed by atoms with Crippen LogP contribution in [0.3, 0.4) is 0 Å². The van der Waals surface area contributed by atoms with Crippen LogP contribution in [0.1, 0.15) is 44.1 Å². The first-order valence-corrected chi connectivity index (χ1v) is 8.73. The lowest BCUT2D eigenvalue weighted by Crippen LogP contribution is -2.20. The van der Waals surface area contributed by atoms with Crippen molar-refractivity contribution >= 4 is 17.5 Å². The molecule has 3 rings (SSSR count). The van der Waals surface area contributed by atoms with Gasteiger partial charge in [0.25, 0.3) is 0 Å². The van der Waals surface area contributed by atoms with Gasteiger partial charge in [0.1, 0.15) is 5.82 Å². The average Bonchev–Trinajstić information content (AvgIpc) is 2.86. The van der Waals surface area contributed by atoms with E-state index in [1.54, 1.807) is 6.07 Å².